The van der Waals surface area contributed by atoms with Crippen molar-refractivity contribution in [3.63, 3.8) is 0 Å². The Bertz CT molecular complexity index is 3090. The molecule has 0 spiro atoms. The van der Waals surface area contributed by atoms with Crippen molar-refractivity contribution in [3.8, 4) is 0 Å². The van der Waals surface area contributed by atoms with Crippen LogP contribution in [0, 0.1) is 130 Å². The third kappa shape index (κ3) is 40.7. The van der Waals surface area contributed by atoms with Crippen LogP contribution in [0.5, 0.6) is 0 Å². The third-order valence-corrected chi connectivity index (χ3v) is 13.4. The minimum atomic E-state index is -0.339. The fourth-order valence-electron chi connectivity index (χ4n) is 8.32. The van der Waals surface area contributed by atoms with E-state index in [4.69, 9.17) is 11.5 Å². The molecule has 106 heavy (non-hydrogen) atoms. The van der Waals surface area contributed by atoms with E-state index in [1.165, 1.54) is 47.4 Å². The van der Waals surface area contributed by atoms with Crippen LogP contribution in [0.25, 0.3) is 54.6 Å². The van der Waals surface area contributed by atoms with E-state index in [-0.39, 0.29) is 350 Å². The molecule has 4 aliphatic heterocycles. The zero-order valence-corrected chi connectivity index (χ0v) is 109. The summed E-state index contributed by atoms with van der Waals surface area (Å²) in [6, 6.07) is 43.4. The average molecular weight is 3250 g/mol. The van der Waals surface area contributed by atoms with Crippen molar-refractivity contribution in [2.75, 3.05) is 61.6 Å². The average Bonchev–Trinajstić information content (AvgIpc) is 0.785. The maximum atomic E-state index is 11.9. The molecule has 31 heteroatoms. The van der Waals surface area contributed by atoms with Crippen LogP contribution in [-0.2, 0) is 85.6 Å². The minimum Gasteiger partial charge on any atom is -0.680 e. The van der Waals surface area contributed by atoms with Crippen LogP contribution in [0.1, 0.15) is 152 Å². The zero-order valence-electron chi connectivity index (χ0n) is 64.7. The molecule has 2 N–H and O–H groups in total. The van der Waals surface area contributed by atoms with E-state index in [2.05, 4.69) is 118 Å². The largest absolute Gasteiger partial charge is 2.00 e. The van der Waals surface area contributed by atoms with Gasteiger partial charge in [-0.15, -0.1) is 24.0 Å². The van der Waals surface area contributed by atoms with E-state index in [0.29, 0.717) is 44.5 Å². The van der Waals surface area contributed by atoms with Crippen LogP contribution in [0.15, 0.2) is 146 Å². The van der Waals surface area contributed by atoms with Crippen LogP contribution in [0.3, 0.4) is 0 Å². The van der Waals surface area contributed by atoms with Crippen molar-refractivity contribution in [1.82, 2.24) is 29.4 Å². The molecule has 8 amide bonds. The number of imide groups is 4. The Labute approximate surface area is 876 Å². The number of carbonyl (C=O) groups is 8. The Morgan fingerprint density at radius 3 is 0.519 bits per heavy atom. The van der Waals surface area contributed by atoms with E-state index in [1.807, 2.05) is 159 Å². The van der Waals surface area contributed by atoms with E-state index < -0.39 is 0 Å². The Morgan fingerprint density at radius 1 is 0.349 bits per heavy atom. The number of hydrogen-bond acceptors (Lipinski definition) is 14. The number of nitrogens with one attached hydrogen (secondary N) is 2. The summed E-state index contributed by atoms with van der Waals surface area (Å²) in [5, 5.41) is 6.57. The zero-order chi connectivity index (χ0) is 73.8. The fraction of sp³-hybridized carbons (Fsp3) is 0.253. The molecule has 0 saturated carbocycles. The number of hydrogen-bond donors (Lipinski definition) is 1. The first-order chi connectivity index (χ1) is 45.7. The van der Waals surface area contributed by atoms with E-state index >= 15 is 0 Å². The van der Waals surface area contributed by atoms with Crippen LogP contribution < -0.4 is 116 Å². The molecule has 8 aromatic rings. The van der Waals surface area contributed by atoms with Gasteiger partial charge >= 0.3 is 161 Å². The number of amides is 8. The summed E-state index contributed by atoms with van der Waals surface area (Å²) in [6.07, 6.45) is 15.1. The molecule has 4 aliphatic rings. The van der Waals surface area contributed by atoms with Gasteiger partial charge in [-0.05, 0) is 118 Å². The molecule has 0 bridgehead atoms. The van der Waals surface area contributed by atoms with Crippen LogP contribution in [-0.4, -0.2) is 138 Å². The molecule has 6 radical (unpaired) electrons. The third-order valence-electron chi connectivity index (χ3n) is 12.8. The van der Waals surface area contributed by atoms with Gasteiger partial charge in [-0.2, -0.15) is 14.1 Å². The summed E-state index contributed by atoms with van der Waals surface area (Å²) in [5.41, 5.74) is 15.9. The van der Waals surface area contributed by atoms with Crippen molar-refractivity contribution >= 4 is 160 Å². The summed E-state index contributed by atoms with van der Waals surface area (Å²) in [6.45, 7) is 22.5. The summed E-state index contributed by atoms with van der Waals surface area (Å²) in [4.78, 5) is 103. The number of halogens is 1. The standard InChI is InChI=1S/4C13H8NO2.2C4H11N.C2H4S2.C2H5S.4C2H6.2CH4N.CH3S.HI.2Rb.2Re.2Rf.2Ta.2Tb/c4*1-14-12(15)9-6-2-4-8-5-3-7-10(11(8)9)13(14)16;2*1-4-5(2)3;1-3-4-2;1-3-2;7*1-2;;;;;;;;;;;/h4*2-7H,1H2;2*4H2,1-3H3;1-2H2;1H2,2H3;4*1-2H3;2*2H,1H3;2H,1H2;1H;;;;;;;;;;/q4*-1;;;-2;-1;;;;;3*-1;;2*+1;;;;;2*+2;;. The second-order valence-corrected chi connectivity index (χ2v) is 20.8. The SMILES string of the molecule is CC.CC.CC.CC.CCN(C)C.CCN(C)C.C[NH-].C[NH-].I.[CH2-]N1C(=O)c2cccc3cccc(c23)C1=O.[CH2-]N1C(=O)c2cccc3cccc(c23)C1=O.[CH2-]N1C(=O)c2cccc3cccc(c23)C1=O.[CH2-]N1C(=O)c2cccc3cccc(c23)C1=O.[CH2-]S.[CH2-]SC.[CH2-]SS[CH2-].[Rb+].[Rb+].[Re].[Re].[Rf].[Rf].[Ta+2].[Ta+2].[Tb].[Tb]. The minimum absolute atomic E-state index is 0. The summed E-state index contributed by atoms with van der Waals surface area (Å²) < 4.78 is 0. The second-order valence-electron chi connectivity index (χ2n) is 18.3. The molecular formula is C75H99IN8O8Rb2Re2Rf2S4Ta2Tb2-4. The summed E-state index contributed by atoms with van der Waals surface area (Å²) in [7, 11) is 27.5. The summed E-state index contributed by atoms with van der Waals surface area (Å²) in [5.74, 6) is -2.71. The van der Waals surface area contributed by atoms with Gasteiger partial charge in [-0.1, -0.05) is 166 Å². The van der Waals surface area contributed by atoms with Crippen molar-refractivity contribution in [3.05, 3.63) is 255 Å². The number of carbonyl (C=O) groups excluding carboxylic acids is 8. The molecule has 4 heterocycles. The van der Waals surface area contributed by atoms with Gasteiger partial charge in [0.25, 0.3) is 0 Å². The quantitative estimate of drug-likeness (QED) is 0.0576. The van der Waals surface area contributed by atoms with E-state index in [9.17, 15) is 38.4 Å². The predicted molar refractivity (Wildman–Crippen MR) is 428 cm³/mol. The smallest absolute Gasteiger partial charge is 0.680 e. The number of nitrogens with zero attached hydrogens (tertiary/aromatic N) is 6. The Balaban J connectivity index is -0.0000000763. The Hall–Kier alpha value is 0.317. The van der Waals surface area contributed by atoms with Gasteiger partial charge < -0.3 is 86.8 Å². The van der Waals surface area contributed by atoms with E-state index in [1.54, 1.807) is 48.5 Å². The molecule has 8 aromatic carbocycles. The Morgan fingerprint density at radius 2 is 0.443 bits per heavy atom. The van der Waals surface area contributed by atoms with Gasteiger partial charge in [0.1, 0.15) is 0 Å². The fourth-order valence-corrected chi connectivity index (χ4v) is 8.32. The van der Waals surface area contributed by atoms with Crippen LogP contribution in [0.4, 0.5) is 0 Å². The maximum Gasteiger partial charge on any atom is 2.00 e. The predicted octanol–water partition coefficient (Wildman–Crippen LogP) is 13.9. The first-order valence-corrected chi connectivity index (χ1v) is 34.7. The summed E-state index contributed by atoms with van der Waals surface area (Å²) >= 11 is 4.78. The second kappa shape index (κ2) is 80.5. The number of thiol groups is 1. The number of thioether (sulfide) groups is 1. The maximum absolute atomic E-state index is 11.9. The van der Waals surface area contributed by atoms with Crippen molar-refractivity contribution in [2.24, 2.45) is 0 Å². The first kappa shape index (κ1) is 138. The van der Waals surface area contributed by atoms with E-state index in [0.717, 1.165) is 75.8 Å². The van der Waals surface area contributed by atoms with Gasteiger partial charge in [0.15, 0.2) is 0 Å². The van der Waals surface area contributed by atoms with Gasteiger partial charge in [-0.3, -0.25) is 63.4 Å². The molecule has 12 rings (SSSR count). The van der Waals surface area contributed by atoms with Gasteiger partial charge in [0.2, 0.25) is 47.3 Å². The van der Waals surface area contributed by atoms with Crippen LogP contribution in [0.2, 0.25) is 0 Å². The molecule has 0 aliphatic carbocycles. The normalized spacial score (nSPS) is 10.6. The van der Waals surface area contributed by atoms with Gasteiger partial charge in [0, 0.05) is 184 Å². The van der Waals surface area contributed by atoms with Crippen LogP contribution >= 0.6 is 70.0 Å². The first-order valence-electron chi connectivity index (χ1n) is 30.2. The molecular weight excluding hydrogens is 3150 g/mol. The Kier molecular flexibility index (Phi) is 105. The van der Waals surface area contributed by atoms with Gasteiger partial charge in [-0.25, -0.2) is 28.2 Å². The van der Waals surface area contributed by atoms with Crippen molar-refractivity contribution in [2.45, 2.75) is 69.2 Å². The number of rotatable bonds is 3. The molecule has 0 atom stereocenters. The molecule has 0 aromatic heterocycles. The topological polar surface area (TPSA) is 204 Å². The van der Waals surface area contributed by atoms with Crippen molar-refractivity contribution < 1.29 is 318 Å². The van der Waals surface area contributed by atoms with Crippen molar-refractivity contribution in [1.29, 1.82) is 0 Å². The molecule has 570 valence electrons. The molecule has 0 saturated heterocycles. The number of benzene rings is 8. The van der Waals surface area contributed by atoms with Gasteiger partial charge in [0.05, 0.1) is 0 Å². The molecule has 16 nitrogen and oxygen atoms in total. The molecule has 0 unspecified atom stereocenters. The molecule has 0 fully saturated rings. The monoisotopic (exact) mass is 3250 g/mol.